The summed E-state index contributed by atoms with van der Waals surface area (Å²) in [7, 11) is 0. The Bertz CT molecular complexity index is 1030. The first kappa shape index (κ1) is 25.4. The van der Waals surface area contributed by atoms with E-state index < -0.39 is 35.7 Å². The van der Waals surface area contributed by atoms with Crippen molar-refractivity contribution in [3.8, 4) is 0 Å². The maximum atomic E-state index is 14.7. The van der Waals surface area contributed by atoms with Crippen molar-refractivity contribution in [1.82, 2.24) is 4.90 Å². The lowest BCUT2D eigenvalue weighted by molar-refractivity contribution is -0.0929. The summed E-state index contributed by atoms with van der Waals surface area (Å²) in [6, 6.07) is 6.11. The maximum Gasteiger partial charge on any atom is 0.410 e. The van der Waals surface area contributed by atoms with Gasteiger partial charge in [0.1, 0.15) is 11.0 Å². The number of rotatable bonds is 9. The Morgan fingerprint density at radius 3 is 2.64 bits per heavy atom. The number of ether oxygens (including phenoxy) is 1. The molecule has 0 saturated carbocycles. The third-order valence-electron chi connectivity index (χ3n) is 5.10. The zero-order valence-corrected chi connectivity index (χ0v) is 19.5. The lowest BCUT2D eigenvalue weighted by Crippen LogP contribution is -2.45. The smallest absolute Gasteiger partial charge is 0.410 e. The van der Waals surface area contributed by atoms with Gasteiger partial charge in [0.15, 0.2) is 0 Å². The molecule has 33 heavy (non-hydrogen) atoms. The zero-order valence-electron chi connectivity index (χ0n) is 17.2. The van der Waals surface area contributed by atoms with Crippen molar-refractivity contribution in [3.63, 3.8) is 0 Å². The minimum atomic E-state index is -3.65. The molecule has 3 rings (SSSR count). The summed E-state index contributed by atoms with van der Waals surface area (Å²) in [5.41, 5.74) is -0.520. The molecule has 1 aromatic heterocycles. The molecular formula is C22H21Cl2F2NO5S. The van der Waals surface area contributed by atoms with Gasteiger partial charge in [0.2, 0.25) is 0 Å². The van der Waals surface area contributed by atoms with Crippen LogP contribution in [0.15, 0.2) is 42.5 Å². The molecular weight excluding hydrogens is 499 g/mol. The average molecular weight is 520 g/mol. The first-order chi connectivity index (χ1) is 15.6. The molecule has 0 bridgehead atoms. The Morgan fingerprint density at radius 1 is 1.30 bits per heavy atom. The first-order valence-corrected chi connectivity index (χ1v) is 11.6. The molecule has 0 aliphatic carbocycles. The van der Waals surface area contributed by atoms with E-state index in [1.807, 2.05) is 0 Å². The summed E-state index contributed by atoms with van der Waals surface area (Å²) in [6.07, 6.45) is 1.06. The van der Waals surface area contributed by atoms with Gasteiger partial charge in [0, 0.05) is 33.5 Å². The van der Waals surface area contributed by atoms with Crippen molar-refractivity contribution in [2.24, 2.45) is 0 Å². The monoisotopic (exact) mass is 519 g/mol. The predicted octanol–water partition coefficient (Wildman–Crippen LogP) is 5.61. The van der Waals surface area contributed by atoms with Crippen LogP contribution in [0.25, 0.3) is 0 Å². The lowest BCUT2D eigenvalue weighted by atomic mass is 10.0. The van der Waals surface area contributed by atoms with Gasteiger partial charge in [-0.3, -0.25) is 0 Å². The van der Waals surface area contributed by atoms with Gasteiger partial charge >= 0.3 is 18.0 Å². The van der Waals surface area contributed by atoms with Gasteiger partial charge in [-0.25, -0.2) is 9.59 Å². The van der Waals surface area contributed by atoms with Gasteiger partial charge in [0.05, 0.1) is 12.6 Å². The van der Waals surface area contributed by atoms with Crippen molar-refractivity contribution >= 4 is 46.6 Å². The molecule has 2 heterocycles. The second-order valence-corrected chi connectivity index (χ2v) is 9.49. The van der Waals surface area contributed by atoms with Crippen LogP contribution < -0.4 is 0 Å². The predicted molar refractivity (Wildman–Crippen MR) is 122 cm³/mol. The molecule has 1 fully saturated rings. The van der Waals surface area contributed by atoms with Crippen LogP contribution in [0.3, 0.4) is 0 Å². The van der Waals surface area contributed by atoms with Gasteiger partial charge < -0.3 is 19.8 Å². The number of carbonyl (C=O) groups is 2. The molecule has 1 amide bonds. The van der Waals surface area contributed by atoms with E-state index >= 15 is 0 Å². The number of nitrogens with zero attached hydrogens (tertiary/aromatic N) is 1. The number of halogens is 4. The fourth-order valence-electron chi connectivity index (χ4n) is 3.42. The van der Waals surface area contributed by atoms with Crippen LogP contribution in [-0.4, -0.2) is 52.5 Å². The second kappa shape index (κ2) is 10.8. The fourth-order valence-corrected chi connectivity index (χ4v) is 4.83. The highest BCUT2D eigenvalue weighted by Gasteiger charge is 2.40. The Kier molecular flexibility index (Phi) is 8.33. The highest BCUT2D eigenvalue weighted by Crippen LogP contribution is 2.36. The number of cyclic esters (lactones) is 1. The Balaban J connectivity index is 1.65. The molecule has 0 spiro atoms. The molecule has 1 saturated heterocycles. The summed E-state index contributed by atoms with van der Waals surface area (Å²) < 4.78 is 34.5. The molecule has 1 aliphatic rings. The van der Waals surface area contributed by atoms with Crippen molar-refractivity contribution < 1.29 is 33.3 Å². The molecule has 0 radical (unpaired) electrons. The van der Waals surface area contributed by atoms with Gasteiger partial charge in [0.25, 0.3) is 0 Å². The van der Waals surface area contributed by atoms with Crippen LogP contribution in [0.2, 0.25) is 10.0 Å². The van der Waals surface area contributed by atoms with E-state index in [1.165, 1.54) is 23.1 Å². The Labute approximate surface area is 203 Å². The molecule has 6 nitrogen and oxygen atoms in total. The standard InChI is InChI=1S/C22H21Cl2F2NO5S/c23-14-10-13(11-15(24)12-14)22(25,26)19(28)6-3-16-7-9-32-21(31)27(16)8-1-2-17-4-5-18(33-17)20(29)30/h3-6,10-12,16,19,28H,1-2,7-9H2,(H,29,30)/b6-3+/t16-,19+/m0/s1. The molecule has 178 valence electrons. The lowest BCUT2D eigenvalue weighted by Gasteiger charge is -2.33. The largest absolute Gasteiger partial charge is 0.477 e. The van der Waals surface area contributed by atoms with E-state index in [0.29, 0.717) is 19.3 Å². The SMILES string of the molecule is O=C(O)c1ccc(CCCN2C(=O)OCC[C@@H]2/C=C/[C@@H](O)C(F)(F)c2cc(Cl)cc(Cl)c2)s1. The number of benzene rings is 1. The van der Waals surface area contributed by atoms with E-state index in [9.17, 15) is 23.5 Å². The number of aliphatic hydroxyl groups is 1. The van der Waals surface area contributed by atoms with Gasteiger partial charge in [-0.05, 0) is 43.2 Å². The Hall–Kier alpha value is -2.20. The number of aromatic carboxylic acids is 1. The van der Waals surface area contributed by atoms with E-state index in [4.69, 9.17) is 33.0 Å². The summed E-state index contributed by atoms with van der Waals surface area (Å²) in [6.45, 7) is 0.415. The topological polar surface area (TPSA) is 87.1 Å². The normalized spacial score (nSPS) is 17.9. The van der Waals surface area contributed by atoms with Crippen LogP contribution in [-0.2, 0) is 17.1 Å². The van der Waals surface area contributed by atoms with E-state index in [1.54, 1.807) is 6.07 Å². The molecule has 0 unspecified atom stereocenters. The van der Waals surface area contributed by atoms with E-state index in [2.05, 4.69) is 0 Å². The minimum absolute atomic E-state index is 0.0239. The number of aliphatic hydroxyl groups excluding tert-OH is 1. The van der Waals surface area contributed by atoms with Gasteiger partial charge in [-0.15, -0.1) is 11.3 Å². The number of carboxylic acid groups (broad SMARTS) is 1. The molecule has 2 N–H and O–H groups in total. The minimum Gasteiger partial charge on any atom is -0.477 e. The fraction of sp³-hybridized carbons (Fsp3) is 0.364. The third kappa shape index (κ3) is 6.44. The van der Waals surface area contributed by atoms with Crippen molar-refractivity contribution in [3.05, 3.63) is 67.8 Å². The molecule has 2 aromatic rings. The molecule has 1 aliphatic heterocycles. The number of aryl methyl sites for hydroxylation is 1. The highest BCUT2D eigenvalue weighted by molar-refractivity contribution is 7.13. The van der Waals surface area contributed by atoms with Crippen LogP contribution in [0.1, 0.15) is 33.0 Å². The number of carbonyl (C=O) groups excluding carboxylic acids is 1. The zero-order chi connectivity index (χ0) is 24.2. The number of thiophene rings is 1. The van der Waals surface area contributed by atoms with Gasteiger partial charge in [-0.2, -0.15) is 8.78 Å². The Morgan fingerprint density at radius 2 is 2.00 bits per heavy atom. The van der Waals surface area contributed by atoms with E-state index in [0.717, 1.165) is 34.4 Å². The number of carboxylic acids is 1. The van der Waals surface area contributed by atoms with Crippen LogP contribution in [0.5, 0.6) is 0 Å². The average Bonchev–Trinajstić information content (AvgIpc) is 3.22. The number of hydrogen-bond acceptors (Lipinski definition) is 5. The number of hydrogen-bond donors (Lipinski definition) is 2. The maximum absolute atomic E-state index is 14.7. The number of amides is 1. The molecule has 11 heteroatoms. The van der Waals surface area contributed by atoms with Gasteiger partial charge in [-0.1, -0.05) is 35.4 Å². The summed E-state index contributed by atoms with van der Waals surface area (Å²) in [5.74, 6) is -4.64. The summed E-state index contributed by atoms with van der Waals surface area (Å²) in [5, 5.41) is 19.2. The van der Waals surface area contributed by atoms with E-state index in [-0.39, 0.29) is 28.1 Å². The van der Waals surface area contributed by atoms with Crippen LogP contribution in [0, 0.1) is 0 Å². The third-order valence-corrected chi connectivity index (χ3v) is 6.67. The van der Waals surface area contributed by atoms with Crippen LogP contribution >= 0.6 is 34.5 Å². The quantitative estimate of drug-likeness (QED) is 0.420. The van der Waals surface area contributed by atoms with Crippen molar-refractivity contribution in [1.29, 1.82) is 0 Å². The number of alkyl halides is 2. The molecule has 1 aromatic carbocycles. The summed E-state index contributed by atoms with van der Waals surface area (Å²) >= 11 is 12.8. The molecule has 2 atom stereocenters. The first-order valence-electron chi connectivity index (χ1n) is 10.0. The van der Waals surface area contributed by atoms with Crippen molar-refractivity contribution in [2.45, 2.75) is 37.3 Å². The second-order valence-electron chi connectivity index (χ2n) is 7.45. The highest BCUT2D eigenvalue weighted by atomic mass is 35.5. The van der Waals surface area contributed by atoms with Crippen LogP contribution in [0.4, 0.5) is 13.6 Å². The van der Waals surface area contributed by atoms with Crippen molar-refractivity contribution in [2.75, 3.05) is 13.2 Å². The summed E-state index contributed by atoms with van der Waals surface area (Å²) in [4.78, 5) is 25.7.